The maximum absolute atomic E-state index is 13.1. The van der Waals surface area contributed by atoms with E-state index in [1.165, 1.54) is 0 Å². The highest BCUT2D eigenvalue weighted by Gasteiger charge is 2.30. The molecule has 0 bridgehead atoms. The lowest BCUT2D eigenvalue weighted by Crippen LogP contribution is -2.55. The number of nitrogens with one attached hydrogen (secondary N) is 4. The van der Waals surface area contributed by atoms with E-state index in [1.54, 1.807) is 68.4 Å². The van der Waals surface area contributed by atoms with E-state index in [-0.39, 0.29) is 43.5 Å². The molecule has 2 aromatic rings. The van der Waals surface area contributed by atoms with E-state index in [0.29, 0.717) is 11.1 Å². The third-order valence-electron chi connectivity index (χ3n) is 5.47. The van der Waals surface area contributed by atoms with Gasteiger partial charge in [0, 0.05) is 18.7 Å². The summed E-state index contributed by atoms with van der Waals surface area (Å²) >= 11 is 0. The van der Waals surface area contributed by atoms with Gasteiger partial charge >= 0.3 is 0 Å². The van der Waals surface area contributed by atoms with Crippen molar-refractivity contribution in [3.8, 4) is 0 Å². The number of aliphatic hydroxyl groups excluding tert-OH is 1. The summed E-state index contributed by atoms with van der Waals surface area (Å²) in [6.45, 7) is 3.44. The fourth-order valence-corrected chi connectivity index (χ4v) is 4.94. The van der Waals surface area contributed by atoms with Crippen LogP contribution < -0.4 is 21.1 Å². The molecule has 36 heavy (non-hydrogen) atoms. The summed E-state index contributed by atoms with van der Waals surface area (Å²) in [5, 5.41) is 22.1. The number of carbonyl (C=O) groups is 2. The summed E-state index contributed by atoms with van der Waals surface area (Å²) < 4.78 is 27.9. The molecule has 0 heterocycles. The van der Waals surface area contributed by atoms with Crippen molar-refractivity contribution in [1.82, 2.24) is 15.4 Å². The van der Waals surface area contributed by atoms with Crippen LogP contribution in [0.4, 0.5) is 0 Å². The van der Waals surface area contributed by atoms with E-state index < -0.39 is 33.9 Å². The maximum atomic E-state index is 13.1. The molecule has 2 aromatic carbocycles. The average molecular weight is 518 g/mol. The van der Waals surface area contributed by atoms with Crippen LogP contribution in [0.3, 0.4) is 0 Å². The SMILES string of the molecule is CC(C)[C@@H](NS(=O)(=O)Cc1ccccc1)C(=O)NC(CCCO)C(=O)NCc1ccc(C(=N)N)cc1. The van der Waals surface area contributed by atoms with Gasteiger partial charge in [0.1, 0.15) is 17.9 Å². The van der Waals surface area contributed by atoms with Crippen LogP contribution in [0.25, 0.3) is 0 Å². The molecule has 1 unspecified atom stereocenters. The molecule has 0 aliphatic carbocycles. The molecule has 0 fully saturated rings. The molecule has 7 N–H and O–H groups in total. The minimum atomic E-state index is -3.83. The van der Waals surface area contributed by atoms with E-state index in [1.807, 2.05) is 0 Å². The fourth-order valence-electron chi connectivity index (χ4n) is 3.46. The molecule has 2 rings (SSSR count). The lowest BCUT2D eigenvalue weighted by Gasteiger charge is -2.25. The number of amides is 2. The van der Waals surface area contributed by atoms with Gasteiger partial charge in [-0.2, -0.15) is 0 Å². The molecule has 0 saturated heterocycles. The molecule has 2 atom stereocenters. The van der Waals surface area contributed by atoms with Gasteiger partial charge in [-0.3, -0.25) is 15.0 Å². The molecule has 196 valence electrons. The Hall–Kier alpha value is -3.28. The van der Waals surface area contributed by atoms with E-state index in [9.17, 15) is 23.1 Å². The number of hydrogen-bond acceptors (Lipinski definition) is 6. The van der Waals surface area contributed by atoms with E-state index in [2.05, 4.69) is 15.4 Å². The molecule has 0 spiro atoms. The third kappa shape index (κ3) is 9.40. The van der Waals surface area contributed by atoms with Crippen LogP contribution in [0.5, 0.6) is 0 Å². The Morgan fingerprint density at radius 3 is 2.19 bits per heavy atom. The highest BCUT2D eigenvalue weighted by Crippen LogP contribution is 2.10. The van der Waals surface area contributed by atoms with E-state index >= 15 is 0 Å². The topological polar surface area (TPSA) is 174 Å². The predicted molar refractivity (Wildman–Crippen MR) is 138 cm³/mol. The Morgan fingerprint density at radius 1 is 1.00 bits per heavy atom. The summed E-state index contributed by atoms with van der Waals surface area (Å²) in [4.78, 5) is 25.9. The first-order valence-electron chi connectivity index (χ1n) is 11.7. The van der Waals surface area contributed by atoms with Crippen LogP contribution >= 0.6 is 0 Å². The minimum Gasteiger partial charge on any atom is -0.396 e. The lowest BCUT2D eigenvalue weighted by molar-refractivity contribution is -0.130. The summed E-state index contributed by atoms with van der Waals surface area (Å²) in [6, 6.07) is 13.4. The van der Waals surface area contributed by atoms with Crippen molar-refractivity contribution in [2.75, 3.05) is 6.61 Å². The molecule has 10 nitrogen and oxygen atoms in total. The summed E-state index contributed by atoms with van der Waals surface area (Å²) in [5.41, 5.74) is 7.37. The van der Waals surface area contributed by atoms with Gasteiger partial charge in [-0.15, -0.1) is 0 Å². The highest BCUT2D eigenvalue weighted by atomic mass is 32.2. The van der Waals surface area contributed by atoms with Gasteiger partial charge in [0.05, 0.1) is 5.75 Å². The zero-order valence-electron chi connectivity index (χ0n) is 20.5. The molecule has 11 heteroatoms. The van der Waals surface area contributed by atoms with Crippen LogP contribution in [0, 0.1) is 11.3 Å². The molecule has 0 aliphatic rings. The normalized spacial score (nSPS) is 13.1. The van der Waals surface area contributed by atoms with Crippen molar-refractivity contribution < 1.29 is 23.1 Å². The van der Waals surface area contributed by atoms with E-state index in [0.717, 1.165) is 5.56 Å². The number of hydrogen-bond donors (Lipinski definition) is 6. The summed E-state index contributed by atoms with van der Waals surface area (Å²) in [5.74, 6) is -1.79. The van der Waals surface area contributed by atoms with Crippen molar-refractivity contribution in [2.45, 2.75) is 51.1 Å². The number of nitrogens with two attached hydrogens (primary N) is 1. The van der Waals surface area contributed by atoms with Crippen LogP contribution in [0.1, 0.15) is 43.4 Å². The molecule has 0 aliphatic heterocycles. The quantitative estimate of drug-likeness (QED) is 0.161. The smallest absolute Gasteiger partial charge is 0.242 e. The third-order valence-corrected chi connectivity index (χ3v) is 6.80. The zero-order valence-corrected chi connectivity index (χ0v) is 21.3. The fraction of sp³-hybridized carbons (Fsp3) is 0.400. The number of benzene rings is 2. The number of sulfonamides is 1. The van der Waals surface area contributed by atoms with Gasteiger partial charge in [0.25, 0.3) is 0 Å². The maximum Gasteiger partial charge on any atom is 0.242 e. The lowest BCUT2D eigenvalue weighted by atomic mass is 10.0. The number of carbonyl (C=O) groups excluding carboxylic acids is 2. The largest absolute Gasteiger partial charge is 0.396 e. The van der Waals surface area contributed by atoms with Crippen molar-refractivity contribution in [3.63, 3.8) is 0 Å². The Balaban J connectivity index is 2.06. The van der Waals surface area contributed by atoms with Crippen molar-refractivity contribution in [1.29, 1.82) is 5.41 Å². The number of rotatable bonds is 14. The van der Waals surface area contributed by atoms with Gasteiger partial charge in [-0.1, -0.05) is 68.4 Å². The van der Waals surface area contributed by atoms with Crippen molar-refractivity contribution >= 4 is 27.7 Å². The molecule has 0 aromatic heterocycles. The van der Waals surface area contributed by atoms with Crippen LogP contribution in [0.15, 0.2) is 54.6 Å². The van der Waals surface area contributed by atoms with Crippen LogP contribution in [-0.2, 0) is 31.9 Å². The average Bonchev–Trinajstić information content (AvgIpc) is 2.83. The molecular formula is C25H35N5O5S. The minimum absolute atomic E-state index is 0.0588. The van der Waals surface area contributed by atoms with Gasteiger partial charge in [-0.25, -0.2) is 13.1 Å². The highest BCUT2D eigenvalue weighted by molar-refractivity contribution is 7.88. The zero-order chi connectivity index (χ0) is 26.7. The van der Waals surface area contributed by atoms with Gasteiger partial charge in [-0.05, 0) is 29.9 Å². The molecule has 0 saturated carbocycles. The standard InChI is InChI=1S/C25H35N5O5S/c1-17(2)22(30-36(34,35)16-19-7-4-3-5-8-19)25(33)29-21(9-6-14-31)24(32)28-15-18-10-12-20(13-11-18)23(26)27/h3-5,7-8,10-13,17,21-22,30-31H,6,9,14-16H2,1-2H3,(H3,26,27)(H,28,32)(H,29,33)/t21?,22-/m1/s1. The first kappa shape index (κ1) is 29.0. The Morgan fingerprint density at radius 2 is 1.64 bits per heavy atom. The molecular weight excluding hydrogens is 482 g/mol. The van der Waals surface area contributed by atoms with Gasteiger partial charge in [0.15, 0.2) is 0 Å². The summed E-state index contributed by atoms with van der Waals surface area (Å²) in [6.07, 6.45) is 0.455. The van der Waals surface area contributed by atoms with Gasteiger partial charge < -0.3 is 21.5 Å². The first-order valence-corrected chi connectivity index (χ1v) is 13.3. The monoisotopic (exact) mass is 517 g/mol. The Kier molecular flexibility index (Phi) is 11.0. The van der Waals surface area contributed by atoms with Gasteiger partial charge in [0.2, 0.25) is 21.8 Å². The number of amidine groups is 1. The second-order valence-corrected chi connectivity index (χ2v) is 10.6. The van der Waals surface area contributed by atoms with Crippen LogP contribution in [-0.4, -0.2) is 49.9 Å². The second kappa shape index (κ2) is 13.7. The second-order valence-electron chi connectivity index (χ2n) is 8.84. The van der Waals surface area contributed by atoms with Crippen molar-refractivity contribution in [3.05, 3.63) is 71.3 Å². The molecule has 0 radical (unpaired) electrons. The predicted octanol–water partition coefficient (Wildman–Crippen LogP) is 0.988. The number of aliphatic hydroxyl groups is 1. The van der Waals surface area contributed by atoms with Crippen molar-refractivity contribution in [2.24, 2.45) is 11.7 Å². The molecule has 2 amide bonds. The van der Waals surface area contributed by atoms with Crippen LogP contribution in [0.2, 0.25) is 0 Å². The Labute approximate surface area is 212 Å². The Bertz CT molecular complexity index is 1120. The summed E-state index contributed by atoms with van der Waals surface area (Å²) in [7, 11) is -3.83. The number of nitrogen functional groups attached to an aromatic ring is 1. The first-order chi connectivity index (χ1) is 17.0. The van der Waals surface area contributed by atoms with E-state index in [4.69, 9.17) is 11.1 Å².